The minimum absolute atomic E-state index is 0.0471. The van der Waals surface area contributed by atoms with Crippen LogP contribution in [0.4, 0.5) is 0 Å². The van der Waals surface area contributed by atoms with Crippen LogP contribution in [0.25, 0.3) is 11.6 Å². The topological polar surface area (TPSA) is 18.5 Å². The van der Waals surface area contributed by atoms with Crippen molar-refractivity contribution in [3.63, 3.8) is 0 Å². The third-order valence-electron chi connectivity index (χ3n) is 5.84. The zero-order valence-electron chi connectivity index (χ0n) is 18.0. The summed E-state index contributed by atoms with van der Waals surface area (Å²) in [6, 6.07) is 13.0. The predicted molar refractivity (Wildman–Crippen MR) is 117 cm³/mol. The van der Waals surface area contributed by atoms with Crippen LogP contribution in [0.3, 0.4) is 0 Å². The van der Waals surface area contributed by atoms with Crippen molar-refractivity contribution in [3.8, 4) is 11.5 Å². The molecular weight excluding hydrogens is 344 g/mol. The maximum absolute atomic E-state index is 5.89. The van der Waals surface area contributed by atoms with Crippen LogP contribution < -0.4 is 9.47 Å². The summed E-state index contributed by atoms with van der Waals surface area (Å²) in [6.07, 6.45) is 6.90. The van der Waals surface area contributed by atoms with E-state index in [-0.39, 0.29) is 10.8 Å². The molecule has 146 valence electrons. The van der Waals surface area contributed by atoms with Gasteiger partial charge in [-0.1, -0.05) is 70.2 Å². The minimum atomic E-state index is -0.593. The molecule has 0 radical (unpaired) electrons. The van der Waals surface area contributed by atoms with Crippen molar-refractivity contribution < 1.29 is 9.47 Å². The Balaban J connectivity index is 1.70. The molecule has 0 saturated heterocycles. The van der Waals surface area contributed by atoms with Crippen molar-refractivity contribution in [2.24, 2.45) is 0 Å². The van der Waals surface area contributed by atoms with Gasteiger partial charge in [0, 0.05) is 24.7 Å². The summed E-state index contributed by atoms with van der Waals surface area (Å²) in [7, 11) is 0. The number of ether oxygens (including phenoxy) is 2. The zero-order chi connectivity index (χ0) is 20.3. The third-order valence-corrected chi connectivity index (χ3v) is 5.84. The van der Waals surface area contributed by atoms with Gasteiger partial charge < -0.3 is 9.47 Å². The van der Waals surface area contributed by atoms with Gasteiger partial charge >= 0.3 is 0 Å². The molecule has 2 heteroatoms. The van der Waals surface area contributed by atoms with Gasteiger partial charge in [-0.3, -0.25) is 0 Å². The predicted octanol–water partition coefficient (Wildman–Crippen LogP) is 6.88. The second kappa shape index (κ2) is 6.01. The molecule has 0 aromatic heterocycles. The Morgan fingerprint density at radius 3 is 2.11 bits per heavy atom. The Hall–Kier alpha value is -2.48. The number of benzene rings is 2. The van der Waals surface area contributed by atoms with Crippen LogP contribution in [0.5, 0.6) is 11.5 Å². The van der Waals surface area contributed by atoms with Crippen LogP contribution >= 0.6 is 0 Å². The number of allylic oxidation sites excluding steroid dienone is 3. The van der Waals surface area contributed by atoms with Gasteiger partial charge in [-0.25, -0.2) is 0 Å². The average Bonchev–Trinajstić information content (AvgIpc) is 2.92. The maximum atomic E-state index is 5.89. The number of hydrogen-bond donors (Lipinski definition) is 0. The first-order valence-electron chi connectivity index (χ1n) is 10.0. The fraction of sp³-hybridized carbons (Fsp3) is 0.385. The van der Waals surface area contributed by atoms with Gasteiger partial charge in [0.1, 0.15) is 0 Å². The lowest BCUT2D eigenvalue weighted by Crippen LogP contribution is -2.29. The molecule has 0 bridgehead atoms. The standard InChI is InChI=1S/C26H30O2/c1-17(14-18-8-11-22-23(15-18)28-26(6,7)27-22)19-9-10-20-21(16-19)25(4,5)13-12-24(20,2)3/h8-16H,1-7H3. The van der Waals surface area contributed by atoms with Gasteiger partial charge in [-0.05, 0) is 46.9 Å². The van der Waals surface area contributed by atoms with E-state index in [1.54, 1.807) is 0 Å². The first-order valence-corrected chi connectivity index (χ1v) is 10.0. The van der Waals surface area contributed by atoms with E-state index >= 15 is 0 Å². The smallest absolute Gasteiger partial charge is 0.246 e. The largest absolute Gasteiger partial charge is 0.449 e. The van der Waals surface area contributed by atoms with Crippen LogP contribution in [0.1, 0.15) is 70.7 Å². The highest BCUT2D eigenvalue weighted by molar-refractivity contribution is 5.81. The minimum Gasteiger partial charge on any atom is -0.449 e. The van der Waals surface area contributed by atoms with Crippen molar-refractivity contribution in [1.82, 2.24) is 0 Å². The van der Waals surface area contributed by atoms with E-state index in [0.717, 1.165) is 17.1 Å². The normalized spacial score (nSPS) is 20.8. The summed E-state index contributed by atoms with van der Waals surface area (Å²) in [5.41, 5.74) is 6.57. The van der Waals surface area contributed by atoms with Crippen molar-refractivity contribution in [3.05, 3.63) is 70.8 Å². The molecule has 2 aromatic rings. The Morgan fingerprint density at radius 1 is 0.750 bits per heavy atom. The van der Waals surface area contributed by atoms with Gasteiger partial charge in [-0.2, -0.15) is 0 Å². The summed E-state index contributed by atoms with van der Waals surface area (Å²) >= 11 is 0. The molecular formula is C26H30O2. The molecule has 0 fully saturated rings. The van der Waals surface area contributed by atoms with E-state index < -0.39 is 5.79 Å². The molecule has 0 saturated carbocycles. The van der Waals surface area contributed by atoms with Crippen molar-refractivity contribution >= 4 is 11.6 Å². The first kappa shape index (κ1) is 18.9. The average molecular weight is 375 g/mol. The fourth-order valence-corrected chi connectivity index (χ4v) is 4.14. The van der Waals surface area contributed by atoms with Crippen molar-refractivity contribution in [1.29, 1.82) is 0 Å². The van der Waals surface area contributed by atoms with Gasteiger partial charge in [0.15, 0.2) is 11.5 Å². The van der Waals surface area contributed by atoms with Crippen LogP contribution in [-0.4, -0.2) is 5.79 Å². The Morgan fingerprint density at radius 2 is 1.39 bits per heavy atom. The lowest BCUT2D eigenvalue weighted by Gasteiger charge is -2.37. The summed E-state index contributed by atoms with van der Waals surface area (Å²) in [5, 5.41) is 0. The highest BCUT2D eigenvalue weighted by atomic mass is 16.7. The van der Waals surface area contributed by atoms with E-state index in [9.17, 15) is 0 Å². The highest BCUT2D eigenvalue weighted by Gasteiger charge is 2.33. The van der Waals surface area contributed by atoms with Crippen LogP contribution in [0.2, 0.25) is 0 Å². The van der Waals surface area contributed by atoms with Crippen LogP contribution in [-0.2, 0) is 10.8 Å². The lowest BCUT2D eigenvalue weighted by molar-refractivity contribution is -0.0431. The molecule has 1 heterocycles. The summed E-state index contributed by atoms with van der Waals surface area (Å²) in [6.45, 7) is 15.2. The fourth-order valence-electron chi connectivity index (χ4n) is 4.14. The summed E-state index contributed by atoms with van der Waals surface area (Å²) < 4.78 is 11.7. The maximum Gasteiger partial charge on any atom is 0.246 e. The lowest BCUT2D eigenvalue weighted by atomic mass is 9.67. The molecule has 2 aromatic carbocycles. The Kier molecular flexibility index (Phi) is 4.05. The van der Waals surface area contributed by atoms with Gasteiger partial charge in [0.25, 0.3) is 0 Å². The second-order valence-electron chi connectivity index (χ2n) is 9.67. The molecule has 2 nitrogen and oxygen atoms in total. The van der Waals surface area contributed by atoms with E-state index in [2.05, 4.69) is 83.2 Å². The molecule has 2 aliphatic rings. The first-order chi connectivity index (χ1) is 13.0. The van der Waals surface area contributed by atoms with Gasteiger partial charge in [0.05, 0.1) is 0 Å². The molecule has 0 spiro atoms. The zero-order valence-corrected chi connectivity index (χ0v) is 18.0. The second-order valence-corrected chi connectivity index (χ2v) is 9.67. The Bertz CT molecular complexity index is 1000. The number of rotatable bonds is 2. The molecule has 1 aliphatic carbocycles. The van der Waals surface area contributed by atoms with E-state index in [1.807, 2.05) is 19.9 Å². The highest BCUT2D eigenvalue weighted by Crippen LogP contribution is 2.43. The quantitative estimate of drug-likeness (QED) is 0.421. The van der Waals surface area contributed by atoms with Crippen molar-refractivity contribution in [2.75, 3.05) is 0 Å². The summed E-state index contributed by atoms with van der Waals surface area (Å²) in [4.78, 5) is 0. The molecule has 0 atom stereocenters. The number of fused-ring (bicyclic) bond motifs is 2. The van der Waals surface area contributed by atoms with E-state index in [0.29, 0.717) is 0 Å². The summed E-state index contributed by atoms with van der Waals surface area (Å²) in [5.74, 6) is 1.03. The molecule has 0 unspecified atom stereocenters. The molecule has 1 aliphatic heterocycles. The van der Waals surface area contributed by atoms with Gasteiger partial charge in [0.2, 0.25) is 5.79 Å². The van der Waals surface area contributed by atoms with Crippen molar-refractivity contribution in [2.45, 2.75) is 65.1 Å². The third kappa shape index (κ3) is 3.26. The number of hydrogen-bond acceptors (Lipinski definition) is 2. The SMILES string of the molecule is CC(=Cc1ccc2c(c1)OC(C)(C)O2)c1ccc2c(c1)C(C)(C)C=CC2(C)C. The van der Waals surface area contributed by atoms with Gasteiger partial charge in [-0.15, -0.1) is 0 Å². The monoisotopic (exact) mass is 374 g/mol. The molecule has 28 heavy (non-hydrogen) atoms. The molecule has 0 N–H and O–H groups in total. The molecule has 4 rings (SSSR count). The van der Waals surface area contributed by atoms with E-state index in [1.165, 1.54) is 22.3 Å². The van der Waals surface area contributed by atoms with E-state index in [4.69, 9.17) is 9.47 Å². The Labute approximate surface area is 168 Å². The van der Waals surface area contributed by atoms with Crippen LogP contribution in [0.15, 0.2) is 48.6 Å². The molecule has 0 amide bonds. The van der Waals surface area contributed by atoms with Crippen LogP contribution in [0, 0.1) is 0 Å².